The quantitative estimate of drug-likeness (QED) is 0.545. The highest BCUT2D eigenvalue weighted by molar-refractivity contribution is 6.06. The van der Waals surface area contributed by atoms with Crippen molar-refractivity contribution < 1.29 is 0 Å². The van der Waals surface area contributed by atoms with E-state index in [2.05, 4.69) is 111 Å². The van der Waals surface area contributed by atoms with E-state index in [1.54, 1.807) is 0 Å². The predicted molar refractivity (Wildman–Crippen MR) is 116 cm³/mol. The van der Waals surface area contributed by atoms with Crippen LogP contribution < -0.4 is 0 Å². The minimum Gasteiger partial charge on any atom is -0.347 e. The normalized spacial score (nSPS) is 22.1. The van der Waals surface area contributed by atoms with Gasteiger partial charge in [-0.05, 0) is 30.0 Å². The molecule has 2 nitrogen and oxygen atoms in total. The van der Waals surface area contributed by atoms with Gasteiger partial charge >= 0.3 is 0 Å². The second kappa shape index (κ2) is 6.34. The maximum atomic E-state index is 5.25. The van der Waals surface area contributed by atoms with Crippen molar-refractivity contribution in [3.05, 3.63) is 102 Å². The van der Waals surface area contributed by atoms with Crippen molar-refractivity contribution in [1.82, 2.24) is 4.90 Å². The molecular weight excluding hydrogens is 340 g/mol. The van der Waals surface area contributed by atoms with Crippen LogP contribution in [0, 0.1) is 5.92 Å². The van der Waals surface area contributed by atoms with Crippen molar-refractivity contribution >= 4 is 11.5 Å². The van der Waals surface area contributed by atoms with Crippen LogP contribution in [0.15, 0.2) is 89.9 Å². The number of fused-ring (bicyclic) bond motifs is 2. The van der Waals surface area contributed by atoms with Gasteiger partial charge in [-0.1, -0.05) is 92.7 Å². The smallest absolute Gasteiger partial charge is 0.123 e. The highest BCUT2D eigenvalue weighted by Crippen LogP contribution is 2.56. The average Bonchev–Trinajstić information content (AvgIpc) is 2.72. The first-order valence-electron chi connectivity index (χ1n) is 10.2. The first-order valence-corrected chi connectivity index (χ1v) is 10.2. The molecule has 3 aromatic carbocycles. The van der Waals surface area contributed by atoms with Gasteiger partial charge < -0.3 is 4.90 Å². The number of rotatable bonds is 3. The van der Waals surface area contributed by atoms with Gasteiger partial charge in [0.05, 0.1) is 23.2 Å². The molecular formula is C26H26N2. The molecule has 0 amide bonds. The van der Waals surface area contributed by atoms with Crippen LogP contribution in [-0.2, 0) is 5.41 Å². The third kappa shape index (κ3) is 2.18. The fourth-order valence-electron chi connectivity index (χ4n) is 5.38. The van der Waals surface area contributed by atoms with Gasteiger partial charge in [0, 0.05) is 5.56 Å². The number of para-hydroxylation sites is 1. The number of hydrogen-bond donors (Lipinski definition) is 0. The van der Waals surface area contributed by atoms with Crippen LogP contribution in [0.2, 0.25) is 0 Å². The van der Waals surface area contributed by atoms with E-state index in [0.717, 1.165) is 5.69 Å². The fourth-order valence-corrected chi connectivity index (χ4v) is 5.38. The largest absolute Gasteiger partial charge is 0.347 e. The van der Waals surface area contributed by atoms with E-state index in [9.17, 15) is 0 Å². The highest BCUT2D eigenvalue weighted by atomic mass is 15.3. The SMILES string of the molecule is CC(C)[C@@H]1N2C(=Nc3ccccc3[C@@H]2C)C1(c1ccccc1)c1ccccc1. The third-order valence-electron chi connectivity index (χ3n) is 6.46. The summed E-state index contributed by atoms with van der Waals surface area (Å²) < 4.78 is 0. The fraction of sp³-hybridized carbons (Fsp3) is 0.269. The van der Waals surface area contributed by atoms with Gasteiger partial charge in [-0.25, -0.2) is 4.99 Å². The number of hydrogen-bond acceptors (Lipinski definition) is 2. The van der Waals surface area contributed by atoms with Crippen molar-refractivity contribution in [3.8, 4) is 0 Å². The Kier molecular flexibility index (Phi) is 3.90. The summed E-state index contributed by atoms with van der Waals surface area (Å²) in [4.78, 5) is 7.81. The number of benzene rings is 3. The van der Waals surface area contributed by atoms with Crippen LogP contribution in [0.25, 0.3) is 0 Å². The number of nitrogens with zero attached hydrogens (tertiary/aromatic N) is 2. The van der Waals surface area contributed by atoms with Crippen LogP contribution in [0.4, 0.5) is 5.69 Å². The molecule has 3 aromatic rings. The van der Waals surface area contributed by atoms with Gasteiger partial charge in [0.25, 0.3) is 0 Å². The van der Waals surface area contributed by atoms with Gasteiger partial charge in [-0.15, -0.1) is 0 Å². The zero-order chi connectivity index (χ0) is 19.3. The Morgan fingerprint density at radius 2 is 1.32 bits per heavy atom. The van der Waals surface area contributed by atoms with Crippen molar-refractivity contribution in [2.75, 3.05) is 0 Å². The lowest BCUT2D eigenvalue weighted by molar-refractivity contribution is 0.0837. The minimum atomic E-state index is -0.210. The Morgan fingerprint density at radius 3 is 1.89 bits per heavy atom. The Labute approximate surface area is 167 Å². The lowest BCUT2D eigenvalue weighted by Gasteiger charge is -2.64. The van der Waals surface area contributed by atoms with E-state index >= 15 is 0 Å². The van der Waals surface area contributed by atoms with E-state index in [4.69, 9.17) is 4.99 Å². The summed E-state index contributed by atoms with van der Waals surface area (Å²) in [6.07, 6.45) is 0. The second-order valence-corrected chi connectivity index (χ2v) is 8.31. The molecule has 2 heterocycles. The van der Waals surface area contributed by atoms with Crippen molar-refractivity contribution in [2.24, 2.45) is 10.9 Å². The monoisotopic (exact) mass is 366 g/mol. The summed E-state index contributed by atoms with van der Waals surface area (Å²) in [6.45, 7) is 7.01. The molecule has 1 saturated heterocycles. The molecule has 0 N–H and O–H groups in total. The van der Waals surface area contributed by atoms with Crippen LogP contribution in [0.3, 0.4) is 0 Å². The lowest BCUT2D eigenvalue weighted by atomic mass is 9.57. The zero-order valence-corrected chi connectivity index (χ0v) is 16.7. The first kappa shape index (κ1) is 17.2. The maximum Gasteiger partial charge on any atom is 0.123 e. The number of aliphatic imine (C=N–C) groups is 1. The molecule has 0 spiro atoms. The summed E-state index contributed by atoms with van der Waals surface area (Å²) in [7, 11) is 0. The molecule has 0 unspecified atom stereocenters. The molecule has 0 aromatic heterocycles. The molecule has 0 aliphatic carbocycles. The summed E-state index contributed by atoms with van der Waals surface area (Å²) in [5, 5.41) is 0. The molecule has 5 rings (SSSR count). The Hall–Kier alpha value is -2.87. The standard InChI is InChI=1S/C26H26N2/c1-18(2)24-26(20-12-6-4-7-13-20,21-14-8-5-9-15-21)25-27-23-17-11-10-16-22(23)19(3)28(24)25/h4-19,24H,1-3H3/t19-,24-/m0/s1. The minimum absolute atomic E-state index is 0.210. The van der Waals surface area contributed by atoms with E-state index in [-0.39, 0.29) is 5.41 Å². The molecule has 0 saturated carbocycles. The first-order chi connectivity index (χ1) is 13.7. The summed E-state index contributed by atoms with van der Waals surface area (Å²) >= 11 is 0. The Balaban J connectivity index is 1.82. The van der Waals surface area contributed by atoms with Crippen molar-refractivity contribution in [2.45, 2.75) is 38.3 Å². The third-order valence-corrected chi connectivity index (χ3v) is 6.46. The van der Waals surface area contributed by atoms with Crippen molar-refractivity contribution in [3.63, 3.8) is 0 Å². The van der Waals surface area contributed by atoms with Crippen molar-refractivity contribution in [1.29, 1.82) is 0 Å². The van der Waals surface area contributed by atoms with Gasteiger partial charge in [-0.2, -0.15) is 0 Å². The Bertz CT molecular complexity index is 981. The van der Waals surface area contributed by atoms with Gasteiger partial charge in [-0.3, -0.25) is 0 Å². The molecule has 28 heavy (non-hydrogen) atoms. The molecule has 0 radical (unpaired) electrons. The van der Waals surface area contributed by atoms with E-state index in [1.165, 1.54) is 22.5 Å². The van der Waals surface area contributed by atoms with Crippen LogP contribution >= 0.6 is 0 Å². The number of amidine groups is 1. The van der Waals surface area contributed by atoms with Crippen LogP contribution in [0.5, 0.6) is 0 Å². The Morgan fingerprint density at radius 1 is 0.786 bits per heavy atom. The summed E-state index contributed by atoms with van der Waals surface area (Å²) in [5.41, 5.74) is 4.90. The molecule has 2 atom stereocenters. The highest BCUT2D eigenvalue weighted by Gasteiger charge is 2.63. The summed E-state index contributed by atoms with van der Waals surface area (Å²) in [5.74, 6) is 1.68. The molecule has 1 fully saturated rings. The molecule has 0 bridgehead atoms. The van der Waals surface area contributed by atoms with Crippen LogP contribution in [-0.4, -0.2) is 16.8 Å². The van der Waals surface area contributed by atoms with Gasteiger partial charge in [0.1, 0.15) is 5.84 Å². The van der Waals surface area contributed by atoms with Crippen LogP contribution in [0.1, 0.15) is 43.5 Å². The summed E-state index contributed by atoms with van der Waals surface area (Å²) in [6, 6.07) is 31.2. The topological polar surface area (TPSA) is 15.6 Å². The van der Waals surface area contributed by atoms with Gasteiger partial charge in [0.15, 0.2) is 0 Å². The van der Waals surface area contributed by atoms with E-state index in [0.29, 0.717) is 18.0 Å². The second-order valence-electron chi connectivity index (χ2n) is 8.31. The molecule has 140 valence electrons. The molecule has 2 aliphatic rings. The van der Waals surface area contributed by atoms with E-state index in [1.807, 2.05) is 0 Å². The molecule has 2 aliphatic heterocycles. The maximum absolute atomic E-state index is 5.25. The average molecular weight is 367 g/mol. The zero-order valence-electron chi connectivity index (χ0n) is 16.7. The van der Waals surface area contributed by atoms with Gasteiger partial charge in [0.2, 0.25) is 0 Å². The molecule has 2 heteroatoms. The predicted octanol–water partition coefficient (Wildman–Crippen LogP) is 6.12. The van der Waals surface area contributed by atoms with E-state index < -0.39 is 0 Å². The lowest BCUT2D eigenvalue weighted by Crippen LogP contribution is -2.74.